The fourth-order valence-corrected chi connectivity index (χ4v) is 5.23. The molecule has 0 spiro atoms. The number of esters is 1. The van der Waals surface area contributed by atoms with E-state index < -0.39 is 11.9 Å². The first-order valence-corrected chi connectivity index (χ1v) is 11.1. The number of nitrogens with one attached hydrogen (secondary N) is 1. The van der Waals surface area contributed by atoms with Crippen LogP contribution >= 0.6 is 11.8 Å². The van der Waals surface area contributed by atoms with Gasteiger partial charge < -0.3 is 14.8 Å². The van der Waals surface area contributed by atoms with Crippen LogP contribution in [0.2, 0.25) is 0 Å². The number of anilines is 1. The van der Waals surface area contributed by atoms with Crippen LogP contribution in [0.4, 0.5) is 5.69 Å². The number of Topliss-reactive ketones (excluding diaryl/α,β-unsaturated/α-hetero) is 1. The summed E-state index contributed by atoms with van der Waals surface area (Å²) in [4.78, 5) is 27.7. The van der Waals surface area contributed by atoms with E-state index in [2.05, 4.69) is 5.32 Å². The van der Waals surface area contributed by atoms with Crippen LogP contribution in [0.1, 0.15) is 31.2 Å². The van der Waals surface area contributed by atoms with Crippen LogP contribution in [-0.2, 0) is 19.1 Å². The molecule has 3 aliphatic rings. The van der Waals surface area contributed by atoms with Crippen molar-refractivity contribution in [3.05, 3.63) is 93.9 Å². The minimum atomic E-state index is -0.500. The zero-order chi connectivity index (χ0) is 21.4. The average Bonchev–Trinajstić information content (AvgIpc) is 3.22. The third-order valence-electron chi connectivity index (χ3n) is 5.59. The lowest BCUT2D eigenvalue weighted by Crippen LogP contribution is -2.32. The van der Waals surface area contributed by atoms with E-state index in [1.54, 1.807) is 6.26 Å². The van der Waals surface area contributed by atoms with Crippen LogP contribution in [0.25, 0.3) is 0 Å². The summed E-state index contributed by atoms with van der Waals surface area (Å²) < 4.78 is 11.1. The summed E-state index contributed by atoms with van der Waals surface area (Å²) in [6, 6.07) is 17.6. The lowest BCUT2D eigenvalue weighted by atomic mass is 9.76. The van der Waals surface area contributed by atoms with Crippen LogP contribution in [-0.4, -0.2) is 18.4 Å². The van der Waals surface area contributed by atoms with Gasteiger partial charge in [-0.1, -0.05) is 54.2 Å². The molecule has 0 radical (unpaired) electrons. The summed E-state index contributed by atoms with van der Waals surface area (Å²) >= 11 is 1.49. The molecule has 0 fully saturated rings. The molecular formula is C25H21NO4S. The van der Waals surface area contributed by atoms with Gasteiger partial charge in [-0.05, 0) is 31.0 Å². The van der Waals surface area contributed by atoms with Gasteiger partial charge in [-0.15, -0.1) is 0 Å². The van der Waals surface area contributed by atoms with Gasteiger partial charge in [0.2, 0.25) is 0 Å². The molecule has 2 aromatic carbocycles. The molecule has 0 amide bonds. The van der Waals surface area contributed by atoms with E-state index in [0.717, 1.165) is 16.1 Å². The third kappa shape index (κ3) is 3.47. The second-order valence-electron chi connectivity index (χ2n) is 7.46. The first-order valence-electron chi connectivity index (χ1n) is 10.3. The molecule has 0 bridgehead atoms. The Morgan fingerprint density at radius 3 is 2.61 bits per heavy atom. The molecule has 0 aromatic heterocycles. The van der Waals surface area contributed by atoms with Crippen LogP contribution in [0.5, 0.6) is 0 Å². The van der Waals surface area contributed by atoms with Gasteiger partial charge >= 0.3 is 5.97 Å². The molecule has 0 saturated heterocycles. The van der Waals surface area contributed by atoms with E-state index >= 15 is 0 Å². The highest BCUT2D eigenvalue weighted by atomic mass is 32.2. The maximum absolute atomic E-state index is 13.5. The van der Waals surface area contributed by atoms with Crippen molar-refractivity contribution in [1.29, 1.82) is 0 Å². The molecule has 2 heterocycles. The molecule has 1 aliphatic carbocycles. The van der Waals surface area contributed by atoms with Gasteiger partial charge in [0.25, 0.3) is 0 Å². The highest BCUT2D eigenvalue weighted by Crippen LogP contribution is 2.50. The second kappa shape index (κ2) is 8.12. The van der Waals surface area contributed by atoms with E-state index in [9.17, 15) is 9.59 Å². The molecular weight excluding hydrogens is 410 g/mol. The molecule has 2 aliphatic heterocycles. The quantitative estimate of drug-likeness (QED) is 0.405. The zero-order valence-electron chi connectivity index (χ0n) is 17.0. The summed E-state index contributed by atoms with van der Waals surface area (Å²) in [6.07, 6.45) is 2.55. The SMILES string of the molecule is CCOC=C1CCC2=C(C1=O)C(c1ccccc1)/C(=C1/Nc3ccccc3S1)C(=O)O2. The summed E-state index contributed by atoms with van der Waals surface area (Å²) in [7, 11) is 0. The number of carbonyl (C=O) groups is 2. The Morgan fingerprint density at radius 2 is 1.84 bits per heavy atom. The number of rotatable bonds is 3. The minimum Gasteiger partial charge on any atom is -0.501 e. The van der Waals surface area contributed by atoms with Crippen molar-refractivity contribution < 1.29 is 19.1 Å². The topological polar surface area (TPSA) is 64.6 Å². The second-order valence-corrected chi connectivity index (χ2v) is 8.52. The van der Waals surface area contributed by atoms with Crippen molar-refractivity contribution in [2.24, 2.45) is 0 Å². The molecule has 2 aromatic rings. The Kier molecular flexibility index (Phi) is 5.16. The summed E-state index contributed by atoms with van der Waals surface area (Å²) in [6.45, 7) is 2.38. The van der Waals surface area contributed by atoms with Crippen LogP contribution in [0, 0.1) is 0 Å². The first-order chi connectivity index (χ1) is 15.2. The Balaban J connectivity index is 1.67. The highest BCUT2D eigenvalue weighted by molar-refractivity contribution is 8.03. The molecule has 1 atom stereocenters. The number of carbonyl (C=O) groups excluding carboxylic acids is 2. The Bertz CT molecular complexity index is 1140. The lowest BCUT2D eigenvalue weighted by Gasteiger charge is -2.33. The average molecular weight is 432 g/mol. The highest BCUT2D eigenvalue weighted by Gasteiger charge is 2.44. The smallest absolute Gasteiger partial charge is 0.342 e. The normalized spacial score (nSPS) is 23.9. The van der Waals surface area contributed by atoms with Gasteiger partial charge in [-0.3, -0.25) is 4.79 Å². The van der Waals surface area contributed by atoms with Crippen molar-refractivity contribution in [2.75, 3.05) is 11.9 Å². The Labute approximate surface area is 184 Å². The number of hydrogen-bond donors (Lipinski definition) is 1. The largest absolute Gasteiger partial charge is 0.501 e. The van der Waals surface area contributed by atoms with Crippen LogP contribution in [0.3, 0.4) is 0 Å². The Hall–Kier alpha value is -3.25. The fraction of sp³-hybridized carbons (Fsp3) is 0.200. The predicted molar refractivity (Wildman–Crippen MR) is 119 cm³/mol. The first kappa shape index (κ1) is 19.7. The van der Waals surface area contributed by atoms with Crippen molar-refractivity contribution >= 4 is 29.2 Å². The van der Waals surface area contributed by atoms with Crippen molar-refractivity contribution in [3.63, 3.8) is 0 Å². The predicted octanol–water partition coefficient (Wildman–Crippen LogP) is 5.29. The van der Waals surface area contributed by atoms with Gasteiger partial charge in [0.15, 0.2) is 5.78 Å². The number of thioether (sulfide) groups is 1. The number of para-hydroxylation sites is 1. The molecule has 0 saturated carbocycles. The van der Waals surface area contributed by atoms with Crippen molar-refractivity contribution in [3.8, 4) is 0 Å². The summed E-state index contributed by atoms with van der Waals surface area (Å²) in [5.74, 6) is -0.544. The molecule has 1 N–H and O–H groups in total. The maximum Gasteiger partial charge on any atom is 0.342 e. The van der Waals surface area contributed by atoms with Gasteiger partial charge in [-0.25, -0.2) is 4.79 Å². The molecule has 5 nitrogen and oxygen atoms in total. The summed E-state index contributed by atoms with van der Waals surface area (Å²) in [5, 5.41) is 4.07. The fourth-order valence-electron chi connectivity index (χ4n) is 4.16. The standard InChI is InChI=1S/C25H21NO4S/c1-2-29-14-16-12-13-18-21(23(16)27)20(15-8-4-3-5-9-15)22(25(28)30-18)24-26-17-10-6-7-11-19(17)31-24/h3-11,14,20,26H,2,12-13H2,1H3/b16-14?,24-22+. The van der Waals surface area contributed by atoms with Gasteiger partial charge in [0.1, 0.15) is 5.76 Å². The number of benzene rings is 2. The van der Waals surface area contributed by atoms with Crippen LogP contribution < -0.4 is 5.32 Å². The van der Waals surface area contributed by atoms with E-state index in [-0.39, 0.29) is 5.78 Å². The van der Waals surface area contributed by atoms with Gasteiger partial charge in [0, 0.05) is 16.9 Å². The van der Waals surface area contributed by atoms with E-state index in [1.807, 2.05) is 61.5 Å². The maximum atomic E-state index is 13.5. The Morgan fingerprint density at radius 1 is 1.06 bits per heavy atom. The van der Waals surface area contributed by atoms with E-state index in [0.29, 0.717) is 47.0 Å². The van der Waals surface area contributed by atoms with E-state index in [4.69, 9.17) is 9.47 Å². The van der Waals surface area contributed by atoms with Gasteiger partial charge in [-0.2, -0.15) is 0 Å². The molecule has 1 unspecified atom stereocenters. The molecule has 31 heavy (non-hydrogen) atoms. The zero-order valence-corrected chi connectivity index (χ0v) is 17.8. The summed E-state index contributed by atoms with van der Waals surface area (Å²) in [5.41, 5.74) is 3.44. The van der Waals surface area contributed by atoms with Crippen LogP contribution in [0.15, 0.2) is 93.3 Å². The number of fused-ring (bicyclic) bond motifs is 1. The molecule has 156 valence electrons. The number of hydrogen-bond acceptors (Lipinski definition) is 6. The third-order valence-corrected chi connectivity index (χ3v) is 6.69. The van der Waals surface area contributed by atoms with Crippen molar-refractivity contribution in [1.82, 2.24) is 0 Å². The number of allylic oxidation sites excluding steroid dienone is 3. The number of ether oxygens (including phenoxy) is 2. The van der Waals surface area contributed by atoms with Crippen molar-refractivity contribution in [2.45, 2.75) is 30.6 Å². The van der Waals surface area contributed by atoms with Gasteiger partial charge in [0.05, 0.1) is 40.6 Å². The molecule has 5 rings (SSSR count). The molecule has 6 heteroatoms. The number of ketones is 1. The lowest BCUT2D eigenvalue weighted by molar-refractivity contribution is -0.136. The van der Waals surface area contributed by atoms with E-state index in [1.165, 1.54) is 11.8 Å². The minimum absolute atomic E-state index is 0.116. The monoisotopic (exact) mass is 431 g/mol.